The van der Waals surface area contributed by atoms with Gasteiger partial charge in [0.15, 0.2) is 6.61 Å². The average Bonchev–Trinajstić information content (AvgIpc) is 4.03. The number of ether oxygens (including phenoxy) is 5. The van der Waals surface area contributed by atoms with Gasteiger partial charge in [-0.05, 0) is 102 Å². The molecule has 11 nitrogen and oxygen atoms in total. The Morgan fingerprint density at radius 2 is 1.51 bits per heavy atom. The molecule has 8 atom stereocenters. The Morgan fingerprint density at radius 3 is 2.07 bits per heavy atom. The largest absolute Gasteiger partial charge is 0.465 e. The number of halogens is 2. The summed E-state index contributed by atoms with van der Waals surface area (Å²) in [7, 11) is 0. The van der Waals surface area contributed by atoms with E-state index < -0.39 is 81.6 Å². The number of rotatable bonds is 22. The van der Waals surface area contributed by atoms with Crippen molar-refractivity contribution in [1.82, 2.24) is 0 Å². The quantitative estimate of drug-likeness (QED) is 0.0481. The topological polar surface area (TPSA) is 136 Å². The lowest BCUT2D eigenvalue weighted by molar-refractivity contribution is -0.181. The fourth-order valence-corrected chi connectivity index (χ4v) is 12.3. The molecule has 0 bridgehead atoms. The number of hydrogen-bond acceptors (Lipinski definition) is 12. The second-order valence-electron chi connectivity index (χ2n) is 20.4. The van der Waals surface area contributed by atoms with Crippen LogP contribution in [0.3, 0.4) is 0 Å². The Bertz CT molecular complexity index is 2130. The lowest BCUT2D eigenvalue weighted by atomic mass is 9.64. The Kier molecular flexibility index (Phi) is 17.8. The zero-order valence-corrected chi connectivity index (χ0v) is 41.6. The van der Waals surface area contributed by atoms with Crippen LogP contribution < -0.4 is 0 Å². The van der Waals surface area contributed by atoms with Crippen molar-refractivity contribution in [1.29, 1.82) is 0 Å². The second-order valence-corrected chi connectivity index (χ2v) is 22.6. The zero-order chi connectivity index (χ0) is 49.3. The minimum atomic E-state index is -3.61. The van der Waals surface area contributed by atoms with Gasteiger partial charge in [0.25, 0.3) is 0 Å². The van der Waals surface area contributed by atoms with E-state index in [-0.39, 0.29) is 61.0 Å². The summed E-state index contributed by atoms with van der Waals surface area (Å²) in [5.41, 5.74) is -5.78. The zero-order valence-electron chi connectivity index (χ0n) is 40.0. The van der Waals surface area contributed by atoms with Crippen LogP contribution in [-0.2, 0) is 53.6 Å². The predicted molar refractivity (Wildman–Crippen MR) is 255 cm³/mol. The number of benzene rings is 2. The first kappa shape index (κ1) is 53.5. The Balaban J connectivity index is 1.55. The molecule has 1 saturated heterocycles. The van der Waals surface area contributed by atoms with Crippen LogP contribution in [0.4, 0.5) is 8.78 Å². The summed E-state index contributed by atoms with van der Waals surface area (Å²) in [6.45, 7) is 19.7. The summed E-state index contributed by atoms with van der Waals surface area (Å²) >= 11 is 6.85. The number of nitrogens with zero attached hydrogens (tertiary/aromatic N) is 1. The molecule has 2 aromatic carbocycles. The molecule has 3 fully saturated rings. The average molecular weight is 968 g/mol. The molecule has 5 rings (SSSR count). The van der Waals surface area contributed by atoms with E-state index in [4.69, 9.17) is 42.5 Å². The van der Waals surface area contributed by atoms with Gasteiger partial charge in [-0.3, -0.25) is 19.2 Å². The maximum absolute atomic E-state index is 15.7. The van der Waals surface area contributed by atoms with Crippen molar-refractivity contribution in [3.05, 3.63) is 83.2 Å². The summed E-state index contributed by atoms with van der Waals surface area (Å²) in [4.78, 5) is 74.5. The van der Waals surface area contributed by atoms with Crippen LogP contribution >= 0.6 is 24.0 Å². The summed E-state index contributed by atoms with van der Waals surface area (Å²) in [5, 5.41) is 0. The molecule has 2 aliphatic carbocycles. The molecular weight excluding hydrogens is 901 g/mol. The van der Waals surface area contributed by atoms with Gasteiger partial charge in [-0.2, -0.15) is 8.78 Å². The van der Waals surface area contributed by atoms with Crippen LogP contribution in [0.25, 0.3) is 4.85 Å². The van der Waals surface area contributed by atoms with Gasteiger partial charge in [0, 0.05) is 31.7 Å². The van der Waals surface area contributed by atoms with Gasteiger partial charge in [-0.1, -0.05) is 105 Å². The van der Waals surface area contributed by atoms with E-state index in [1.54, 1.807) is 51.1 Å². The first-order valence-corrected chi connectivity index (χ1v) is 24.8. The maximum atomic E-state index is 15.7. The van der Waals surface area contributed by atoms with Crippen LogP contribution in [0.5, 0.6) is 0 Å². The van der Waals surface area contributed by atoms with E-state index >= 15 is 13.6 Å². The highest BCUT2D eigenvalue weighted by molar-refractivity contribution is 8.25. The van der Waals surface area contributed by atoms with Gasteiger partial charge in [-0.15, -0.1) is 0 Å². The molecule has 3 aliphatic rings. The highest BCUT2D eigenvalue weighted by Crippen LogP contribution is 2.52. The van der Waals surface area contributed by atoms with Crippen molar-refractivity contribution < 1.29 is 56.4 Å². The van der Waals surface area contributed by atoms with E-state index in [1.807, 2.05) is 13.0 Å². The van der Waals surface area contributed by atoms with E-state index in [0.717, 1.165) is 37.4 Å². The number of carbonyl (C=O) groups excluding carboxylic acids is 5. The van der Waals surface area contributed by atoms with Gasteiger partial charge >= 0.3 is 35.8 Å². The highest BCUT2D eigenvalue weighted by Gasteiger charge is 2.57. The second kappa shape index (κ2) is 22.3. The molecule has 0 aromatic heterocycles. The Labute approximate surface area is 404 Å². The molecule has 0 spiro atoms. The fraction of sp³-hybridized carbons (Fsp3) is 0.635. The number of cyclic esters (lactones) is 1. The van der Waals surface area contributed by atoms with Crippen LogP contribution in [0, 0.1) is 35.2 Å². The molecular formula is C52H67F2NO10S2. The van der Waals surface area contributed by atoms with Crippen LogP contribution in [0.15, 0.2) is 60.7 Å². The van der Waals surface area contributed by atoms with Crippen molar-refractivity contribution in [2.75, 3.05) is 19.8 Å². The van der Waals surface area contributed by atoms with Gasteiger partial charge in [-0.25, -0.2) is 11.4 Å². The van der Waals surface area contributed by atoms with E-state index in [1.165, 1.54) is 31.2 Å². The molecule has 1 aliphatic heterocycles. The highest BCUT2D eigenvalue weighted by atomic mass is 32.2. The summed E-state index contributed by atoms with van der Waals surface area (Å²) in [6.07, 6.45) is 2.79. The smallest absolute Gasteiger partial charge is 0.347 e. The minimum Gasteiger partial charge on any atom is -0.465 e. The number of hydrogen-bond donors (Lipinski definition) is 0. The fourth-order valence-electron chi connectivity index (χ4n) is 10.4. The lowest BCUT2D eigenvalue weighted by Gasteiger charge is -2.43. The number of thiocarbonyl (C=S) groups is 1. The monoisotopic (exact) mass is 967 g/mol. The molecule has 2 saturated carbocycles. The van der Waals surface area contributed by atoms with Crippen LogP contribution in [-0.4, -0.2) is 75.9 Å². The Morgan fingerprint density at radius 1 is 0.881 bits per heavy atom. The molecule has 0 radical (unpaired) electrons. The van der Waals surface area contributed by atoms with Crippen LogP contribution in [0.1, 0.15) is 143 Å². The minimum absolute atomic E-state index is 0.0481. The maximum Gasteiger partial charge on any atom is 0.347 e. The SMILES string of the molecule is [C-]#[N+]C(C)(CCC(=O)OCC1CC(C)CC1C)CC(C)(CC(C)(CC(C)(SC(=S)c1ccccc1)C(=O)OC1CCOC1=O)C(=O)OC1(CC)CCCC1)C(=O)OCC(F)(F)c1ccccc1. The van der Waals surface area contributed by atoms with Crippen molar-refractivity contribution >= 4 is 58.0 Å². The number of thioether (sulfide) groups is 1. The summed E-state index contributed by atoms with van der Waals surface area (Å²) in [6, 6.07) is 15.8. The van der Waals surface area contributed by atoms with E-state index in [9.17, 15) is 19.2 Å². The molecule has 1 heterocycles. The lowest BCUT2D eigenvalue weighted by Crippen LogP contribution is -2.50. The third kappa shape index (κ3) is 13.9. The molecule has 2 aromatic rings. The predicted octanol–water partition coefficient (Wildman–Crippen LogP) is 11.2. The first-order chi connectivity index (χ1) is 31.5. The van der Waals surface area contributed by atoms with Gasteiger partial charge < -0.3 is 28.5 Å². The molecule has 8 unspecified atom stereocenters. The van der Waals surface area contributed by atoms with Crippen molar-refractivity contribution in [3.8, 4) is 0 Å². The number of alkyl halides is 2. The first-order valence-electron chi connectivity index (χ1n) is 23.5. The van der Waals surface area contributed by atoms with Gasteiger partial charge in [0.1, 0.15) is 10.3 Å². The number of carbonyl (C=O) groups is 5. The van der Waals surface area contributed by atoms with E-state index in [2.05, 4.69) is 18.7 Å². The molecule has 366 valence electrons. The normalized spacial score (nSPS) is 23.8. The Hall–Kier alpha value is -4.42. The molecule has 0 N–H and O–H groups in total. The molecule has 15 heteroatoms. The van der Waals surface area contributed by atoms with Crippen molar-refractivity contribution in [3.63, 3.8) is 0 Å². The third-order valence-corrected chi connectivity index (χ3v) is 15.8. The van der Waals surface area contributed by atoms with Gasteiger partial charge in [0.05, 0.1) is 34.7 Å². The summed E-state index contributed by atoms with van der Waals surface area (Å²) in [5.74, 6) is -6.41. The molecule has 0 amide bonds. The van der Waals surface area contributed by atoms with Crippen LogP contribution in [0.2, 0.25) is 0 Å². The van der Waals surface area contributed by atoms with E-state index in [0.29, 0.717) is 36.7 Å². The summed E-state index contributed by atoms with van der Waals surface area (Å²) < 4.78 is 58.7. The van der Waals surface area contributed by atoms with Gasteiger partial charge in [0.2, 0.25) is 11.6 Å². The van der Waals surface area contributed by atoms with Crippen molar-refractivity contribution in [2.45, 2.75) is 160 Å². The number of esters is 5. The van der Waals surface area contributed by atoms with Crippen molar-refractivity contribution in [2.24, 2.45) is 28.6 Å². The third-order valence-electron chi connectivity index (χ3n) is 14.1. The molecule has 67 heavy (non-hydrogen) atoms. The standard InChI is InChI=1S/C52H67F2NO10S2/c1-9-51(24-16-17-25-51)65-45(59)48(5,33-50(7,46(60)64-40-23-27-61-42(40)57)67-43(66)37-18-12-10-13-19-37)31-47(4,44(58)63-34-52(53,54)39-20-14-11-15-21-39)32-49(6,55-8)26-22-41(56)62-30-38-29-35(2)28-36(38)3/h10-15,18-21,35-36,38,40H,9,16-17,22-34H2,1-7H3.